The Balaban J connectivity index is 1.82. The van der Waals surface area contributed by atoms with Gasteiger partial charge in [0.25, 0.3) is 0 Å². The number of amides is 1. The lowest BCUT2D eigenvalue weighted by Crippen LogP contribution is -2.16. The summed E-state index contributed by atoms with van der Waals surface area (Å²) in [6, 6.07) is 11.5. The van der Waals surface area contributed by atoms with Crippen LogP contribution in [-0.4, -0.2) is 29.6 Å². The molecule has 0 atom stereocenters. The van der Waals surface area contributed by atoms with Crippen molar-refractivity contribution in [2.45, 2.75) is 0 Å². The highest BCUT2D eigenvalue weighted by atomic mass is 32.1. The minimum atomic E-state index is -0.182. The Kier molecular flexibility index (Phi) is 4.75. The van der Waals surface area contributed by atoms with Gasteiger partial charge in [-0.25, -0.2) is 4.98 Å². The van der Waals surface area contributed by atoms with Crippen LogP contribution in [0.2, 0.25) is 0 Å². The number of hydrogen-bond donors (Lipinski definition) is 1. The maximum atomic E-state index is 11.6. The van der Waals surface area contributed by atoms with E-state index in [1.807, 2.05) is 41.8 Å². The van der Waals surface area contributed by atoms with Gasteiger partial charge >= 0.3 is 0 Å². The van der Waals surface area contributed by atoms with E-state index in [1.54, 1.807) is 23.7 Å². The van der Waals surface area contributed by atoms with Crippen molar-refractivity contribution in [3.8, 4) is 21.8 Å². The topological polar surface area (TPSA) is 64.1 Å². The third-order valence-corrected chi connectivity index (χ3v) is 4.02. The standard InChI is InChI=1S/C17H15N3O2S/c1-22-10-16(21)19-14-6-2-4-12(8-14)15-11-23-17(20-15)13-5-3-7-18-9-13/h2-9,11H,10H2,1H3,(H,19,21). The first-order chi connectivity index (χ1) is 11.3. The number of pyridine rings is 1. The third kappa shape index (κ3) is 3.80. The quantitative estimate of drug-likeness (QED) is 0.780. The van der Waals surface area contributed by atoms with Crippen molar-refractivity contribution in [1.82, 2.24) is 9.97 Å². The first-order valence-corrected chi connectivity index (χ1v) is 7.89. The van der Waals surface area contributed by atoms with Crippen molar-refractivity contribution in [3.63, 3.8) is 0 Å². The van der Waals surface area contributed by atoms with Crippen molar-refractivity contribution < 1.29 is 9.53 Å². The molecule has 1 N–H and O–H groups in total. The number of carbonyl (C=O) groups excluding carboxylic acids is 1. The van der Waals surface area contributed by atoms with Gasteiger partial charge in [0.2, 0.25) is 5.91 Å². The first kappa shape index (κ1) is 15.3. The van der Waals surface area contributed by atoms with Crippen LogP contribution in [0, 0.1) is 0 Å². The fourth-order valence-electron chi connectivity index (χ4n) is 2.11. The first-order valence-electron chi connectivity index (χ1n) is 7.01. The molecular formula is C17H15N3O2S. The van der Waals surface area contributed by atoms with Crippen molar-refractivity contribution >= 4 is 22.9 Å². The maximum absolute atomic E-state index is 11.6. The van der Waals surface area contributed by atoms with Crippen LogP contribution in [0.1, 0.15) is 0 Å². The van der Waals surface area contributed by atoms with Gasteiger partial charge < -0.3 is 10.1 Å². The van der Waals surface area contributed by atoms with Gasteiger partial charge in [-0.15, -0.1) is 11.3 Å². The van der Waals surface area contributed by atoms with Crippen LogP contribution < -0.4 is 5.32 Å². The summed E-state index contributed by atoms with van der Waals surface area (Å²) in [7, 11) is 1.49. The summed E-state index contributed by atoms with van der Waals surface area (Å²) in [5.74, 6) is -0.182. The van der Waals surface area contributed by atoms with Gasteiger partial charge in [-0.3, -0.25) is 9.78 Å². The fourth-order valence-corrected chi connectivity index (χ4v) is 2.93. The van der Waals surface area contributed by atoms with Gasteiger partial charge in [0.15, 0.2) is 0 Å². The summed E-state index contributed by atoms with van der Waals surface area (Å²) in [4.78, 5) is 20.4. The van der Waals surface area contributed by atoms with Gasteiger partial charge in [0.1, 0.15) is 11.6 Å². The molecule has 2 aromatic heterocycles. The van der Waals surface area contributed by atoms with E-state index >= 15 is 0 Å². The van der Waals surface area contributed by atoms with E-state index in [4.69, 9.17) is 4.74 Å². The molecule has 0 aliphatic carbocycles. The Hall–Kier alpha value is -2.57. The van der Waals surface area contributed by atoms with Crippen LogP contribution in [0.15, 0.2) is 54.2 Å². The number of hydrogen-bond acceptors (Lipinski definition) is 5. The molecule has 0 saturated heterocycles. The monoisotopic (exact) mass is 325 g/mol. The average molecular weight is 325 g/mol. The van der Waals surface area contributed by atoms with Crippen LogP contribution >= 0.6 is 11.3 Å². The number of carbonyl (C=O) groups is 1. The van der Waals surface area contributed by atoms with Crippen LogP contribution in [0.3, 0.4) is 0 Å². The fraction of sp³-hybridized carbons (Fsp3) is 0.118. The summed E-state index contributed by atoms with van der Waals surface area (Å²) in [6.45, 7) is 0.0338. The minimum absolute atomic E-state index is 0.0338. The van der Waals surface area contributed by atoms with Gasteiger partial charge in [-0.1, -0.05) is 12.1 Å². The highest BCUT2D eigenvalue weighted by molar-refractivity contribution is 7.13. The van der Waals surface area contributed by atoms with Crippen LogP contribution in [0.4, 0.5) is 5.69 Å². The molecule has 1 amide bonds. The van der Waals surface area contributed by atoms with E-state index in [2.05, 4.69) is 15.3 Å². The second-order valence-corrected chi connectivity index (χ2v) is 5.70. The number of rotatable bonds is 5. The molecule has 2 heterocycles. The number of nitrogens with one attached hydrogen (secondary N) is 1. The van der Waals surface area contributed by atoms with Crippen molar-refractivity contribution in [3.05, 3.63) is 54.2 Å². The van der Waals surface area contributed by atoms with E-state index in [-0.39, 0.29) is 12.5 Å². The number of aromatic nitrogens is 2. The zero-order chi connectivity index (χ0) is 16.1. The molecule has 0 fully saturated rings. The van der Waals surface area contributed by atoms with Crippen LogP contribution in [0.25, 0.3) is 21.8 Å². The second-order valence-electron chi connectivity index (χ2n) is 4.84. The van der Waals surface area contributed by atoms with Crippen molar-refractivity contribution in [2.75, 3.05) is 19.0 Å². The molecular weight excluding hydrogens is 310 g/mol. The van der Waals surface area contributed by atoms with Gasteiger partial charge in [-0.05, 0) is 24.3 Å². The van der Waals surface area contributed by atoms with E-state index in [9.17, 15) is 4.79 Å². The third-order valence-electron chi connectivity index (χ3n) is 3.13. The zero-order valence-electron chi connectivity index (χ0n) is 12.5. The predicted molar refractivity (Wildman–Crippen MR) is 91.3 cm³/mol. The zero-order valence-corrected chi connectivity index (χ0v) is 13.3. The Morgan fingerprint density at radius 3 is 2.91 bits per heavy atom. The average Bonchev–Trinajstić information content (AvgIpc) is 3.06. The SMILES string of the molecule is COCC(=O)Nc1cccc(-c2csc(-c3cccnc3)n2)c1. The number of thiazole rings is 1. The Labute approximate surface area is 138 Å². The highest BCUT2D eigenvalue weighted by Crippen LogP contribution is 2.29. The molecule has 0 aliphatic rings. The largest absolute Gasteiger partial charge is 0.375 e. The molecule has 1 aromatic carbocycles. The molecule has 116 valence electrons. The van der Waals surface area contributed by atoms with E-state index in [1.165, 1.54) is 7.11 Å². The molecule has 6 heteroatoms. The summed E-state index contributed by atoms with van der Waals surface area (Å²) < 4.78 is 4.81. The number of anilines is 1. The van der Waals surface area contributed by atoms with Gasteiger partial charge in [-0.2, -0.15) is 0 Å². The van der Waals surface area contributed by atoms with Crippen LogP contribution in [-0.2, 0) is 9.53 Å². The molecule has 23 heavy (non-hydrogen) atoms. The molecule has 0 spiro atoms. The van der Waals surface area contributed by atoms with E-state index in [0.29, 0.717) is 0 Å². The molecule has 0 unspecified atom stereocenters. The Morgan fingerprint density at radius 2 is 2.13 bits per heavy atom. The minimum Gasteiger partial charge on any atom is -0.375 e. The molecule has 3 rings (SSSR count). The molecule has 0 aliphatic heterocycles. The Morgan fingerprint density at radius 1 is 1.26 bits per heavy atom. The summed E-state index contributed by atoms with van der Waals surface area (Å²) in [6.07, 6.45) is 3.54. The number of methoxy groups -OCH3 is 1. The summed E-state index contributed by atoms with van der Waals surface area (Å²) in [5, 5.41) is 5.71. The van der Waals surface area contributed by atoms with Crippen molar-refractivity contribution in [1.29, 1.82) is 0 Å². The van der Waals surface area contributed by atoms with Crippen LogP contribution in [0.5, 0.6) is 0 Å². The normalized spacial score (nSPS) is 10.5. The van der Waals surface area contributed by atoms with E-state index < -0.39 is 0 Å². The molecule has 5 nitrogen and oxygen atoms in total. The summed E-state index contributed by atoms with van der Waals surface area (Å²) in [5.41, 5.74) is 3.54. The smallest absolute Gasteiger partial charge is 0.250 e. The molecule has 0 saturated carbocycles. The predicted octanol–water partition coefficient (Wildman–Crippen LogP) is 3.46. The number of benzene rings is 1. The van der Waals surface area contributed by atoms with Gasteiger partial charge in [0.05, 0.1) is 5.69 Å². The maximum Gasteiger partial charge on any atom is 0.250 e. The van der Waals surface area contributed by atoms with E-state index in [0.717, 1.165) is 27.5 Å². The second kappa shape index (κ2) is 7.13. The number of ether oxygens (including phenoxy) is 1. The highest BCUT2D eigenvalue weighted by Gasteiger charge is 2.08. The lowest BCUT2D eigenvalue weighted by molar-refractivity contribution is -0.119. The summed E-state index contributed by atoms with van der Waals surface area (Å²) >= 11 is 1.57. The van der Waals surface area contributed by atoms with Crippen molar-refractivity contribution in [2.24, 2.45) is 0 Å². The lowest BCUT2D eigenvalue weighted by Gasteiger charge is -2.05. The van der Waals surface area contributed by atoms with Gasteiger partial charge in [0, 0.05) is 41.7 Å². The lowest BCUT2D eigenvalue weighted by atomic mass is 10.1. The Bertz CT molecular complexity index is 802. The molecule has 3 aromatic rings. The molecule has 0 bridgehead atoms. The molecule has 0 radical (unpaired) electrons. The number of nitrogens with zero attached hydrogens (tertiary/aromatic N) is 2.